The third-order valence-electron chi connectivity index (χ3n) is 2.96. The van der Waals surface area contributed by atoms with E-state index >= 15 is 0 Å². The summed E-state index contributed by atoms with van der Waals surface area (Å²) in [5.41, 5.74) is 2.57. The van der Waals surface area contributed by atoms with Gasteiger partial charge in [0.15, 0.2) is 11.5 Å². The first-order chi connectivity index (χ1) is 9.16. The highest BCUT2D eigenvalue weighted by molar-refractivity contribution is 5.95. The van der Waals surface area contributed by atoms with Crippen LogP contribution >= 0.6 is 0 Å². The number of fused-ring (bicyclic) bond motifs is 1. The Hall–Kier alpha value is -2.69. The first kappa shape index (κ1) is 11.4. The lowest BCUT2D eigenvalue weighted by atomic mass is 10.1. The molecule has 19 heavy (non-hydrogen) atoms. The number of hydrogen-bond donors (Lipinski definition) is 1. The Balaban J connectivity index is 2.28. The minimum absolute atomic E-state index is 0.220. The minimum atomic E-state index is -0.973. The molecule has 0 fully saturated rings. The van der Waals surface area contributed by atoms with Gasteiger partial charge in [-0.15, -0.1) is 10.2 Å². The predicted molar refractivity (Wildman–Crippen MR) is 70.1 cm³/mol. The van der Waals surface area contributed by atoms with Gasteiger partial charge in [-0.05, 0) is 30.7 Å². The standard InChI is InChI=1S/C14H11N3O2/c1-9-6-7-17-12(8-9)15-16-13(17)10-4-2-3-5-11(10)14(18)19/h2-8H,1H3,(H,18,19). The van der Waals surface area contributed by atoms with Crippen LogP contribution in [0.5, 0.6) is 0 Å². The SMILES string of the molecule is Cc1ccn2c(-c3ccccc3C(=O)O)nnc2c1. The monoisotopic (exact) mass is 253 g/mol. The second-order valence-corrected chi connectivity index (χ2v) is 4.31. The maximum atomic E-state index is 11.2. The van der Waals surface area contributed by atoms with Crippen LogP contribution in [-0.4, -0.2) is 25.7 Å². The second kappa shape index (κ2) is 4.20. The van der Waals surface area contributed by atoms with E-state index in [0.29, 0.717) is 17.0 Å². The third-order valence-corrected chi connectivity index (χ3v) is 2.96. The summed E-state index contributed by atoms with van der Waals surface area (Å²) in [6.45, 7) is 1.97. The van der Waals surface area contributed by atoms with Crippen LogP contribution in [0.4, 0.5) is 0 Å². The number of carboxylic acid groups (broad SMARTS) is 1. The second-order valence-electron chi connectivity index (χ2n) is 4.31. The predicted octanol–water partition coefficient (Wildman–Crippen LogP) is 2.40. The Morgan fingerprint density at radius 3 is 2.79 bits per heavy atom. The molecule has 0 amide bonds. The van der Waals surface area contributed by atoms with Crippen molar-refractivity contribution in [2.75, 3.05) is 0 Å². The van der Waals surface area contributed by atoms with E-state index in [1.54, 1.807) is 28.7 Å². The van der Waals surface area contributed by atoms with E-state index < -0.39 is 5.97 Å². The Morgan fingerprint density at radius 1 is 1.21 bits per heavy atom. The summed E-state index contributed by atoms with van der Waals surface area (Å²) in [6, 6.07) is 10.6. The molecule has 1 N–H and O–H groups in total. The van der Waals surface area contributed by atoms with Crippen molar-refractivity contribution in [2.45, 2.75) is 6.92 Å². The summed E-state index contributed by atoms with van der Waals surface area (Å²) < 4.78 is 1.79. The molecule has 94 valence electrons. The molecule has 0 bridgehead atoms. The van der Waals surface area contributed by atoms with E-state index in [9.17, 15) is 9.90 Å². The van der Waals surface area contributed by atoms with Crippen molar-refractivity contribution in [2.24, 2.45) is 0 Å². The fourth-order valence-corrected chi connectivity index (χ4v) is 2.04. The topological polar surface area (TPSA) is 67.5 Å². The van der Waals surface area contributed by atoms with Crippen molar-refractivity contribution < 1.29 is 9.90 Å². The van der Waals surface area contributed by atoms with Gasteiger partial charge in [0.2, 0.25) is 0 Å². The highest BCUT2D eigenvalue weighted by atomic mass is 16.4. The minimum Gasteiger partial charge on any atom is -0.478 e. The fourth-order valence-electron chi connectivity index (χ4n) is 2.04. The van der Waals surface area contributed by atoms with Gasteiger partial charge in [-0.3, -0.25) is 4.40 Å². The van der Waals surface area contributed by atoms with E-state index in [-0.39, 0.29) is 5.56 Å². The van der Waals surface area contributed by atoms with E-state index in [1.165, 1.54) is 0 Å². The molecule has 0 unspecified atom stereocenters. The Kier molecular flexibility index (Phi) is 2.52. The van der Waals surface area contributed by atoms with Crippen LogP contribution in [0.1, 0.15) is 15.9 Å². The Labute approximate surface area is 109 Å². The molecule has 3 aromatic rings. The van der Waals surface area contributed by atoms with Crippen molar-refractivity contribution in [3.63, 3.8) is 0 Å². The lowest BCUT2D eigenvalue weighted by Gasteiger charge is -2.04. The molecular formula is C14H11N3O2. The molecule has 0 aliphatic carbocycles. The van der Waals surface area contributed by atoms with E-state index in [2.05, 4.69) is 10.2 Å². The number of rotatable bonds is 2. The van der Waals surface area contributed by atoms with Crippen LogP contribution in [-0.2, 0) is 0 Å². The number of hydrogen-bond acceptors (Lipinski definition) is 3. The van der Waals surface area contributed by atoms with Gasteiger partial charge in [-0.2, -0.15) is 0 Å². The van der Waals surface area contributed by atoms with Crippen molar-refractivity contribution >= 4 is 11.6 Å². The van der Waals surface area contributed by atoms with Crippen LogP contribution in [0.25, 0.3) is 17.0 Å². The smallest absolute Gasteiger partial charge is 0.336 e. The van der Waals surface area contributed by atoms with E-state index in [1.807, 2.05) is 25.3 Å². The normalized spacial score (nSPS) is 10.8. The zero-order valence-electron chi connectivity index (χ0n) is 10.2. The lowest BCUT2D eigenvalue weighted by molar-refractivity contribution is 0.0697. The number of aryl methyl sites for hydroxylation is 1. The highest BCUT2D eigenvalue weighted by Gasteiger charge is 2.15. The van der Waals surface area contributed by atoms with Gasteiger partial charge in [-0.1, -0.05) is 18.2 Å². The van der Waals surface area contributed by atoms with Gasteiger partial charge < -0.3 is 5.11 Å². The van der Waals surface area contributed by atoms with Crippen LogP contribution in [0.2, 0.25) is 0 Å². The van der Waals surface area contributed by atoms with Crippen LogP contribution in [0, 0.1) is 6.92 Å². The quantitative estimate of drug-likeness (QED) is 0.761. The molecule has 0 atom stereocenters. The van der Waals surface area contributed by atoms with Gasteiger partial charge in [0.1, 0.15) is 0 Å². The third kappa shape index (κ3) is 1.85. The van der Waals surface area contributed by atoms with Gasteiger partial charge in [0.05, 0.1) is 5.56 Å². The molecule has 2 heterocycles. The molecular weight excluding hydrogens is 242 g/mol. The number of carbonyl (C=O) groups is 1. The zero-order valence-corrected chi connectivity index (χ0v) is 10.2. The lowest BCUT2D eigenvalue weighted by Crippen LogP contribution is -2.01. The van der Waals surface area contributed by atoms with Gasteiger partial charge in [0.25, 0.3) is 0 Å². The Morgan fingerprint density at radius 2 is 2.00 bits per heavy atom. The number of aromatic carboxylic acids is 1. The van der Waals surface area contributed by atoms with Crippen LogP contribution < -0.4 is 0 Å². The summed E-state index contributed by atoms with van der Waals surface area (Å²) in [4.78, 5) is 11.2. The molecule has 0 aliphatic rings. The first-order valence-corrected chi connectivity index (χ1v) is 5.81. The maximum absolute atomic E-state index is 11.2. The van der Waals surface area contributed by atoms with Gasteiger partial charge in [0, 0.05) is 11.8 Å². The number of aromatic nitrogens is 3. The maximum Gasteiger partial charge on any atom is 0.336 e. The molecule has 5 heteroatoms. The van der Waals surface area contributed by atoms with Gasteiger partial charge in [-0.25, -0.2) is 4.79 Å². The average Bonchev–Trinajstić information content (AvgIpc) is 2.81. The summed E-state index contributed by atoms with van der Waals surface area (Å²) in [7, 11) is 0. The van der Waals surface area contributed by atoms with Crippen molar-refractivity contribution in [1.29, 1.82) is 0 Å². The molecule has 1 aromatic carbocycles. The fraction of sp³-hybridized carbons (Fsp3) is 0.0714. The van der Waals surface area contributed by atoms with Gasteiger partial charge >= 0.3 is 5.97 Å². The molecule has 5 nitrogen and oxygen atoms in total. The number of benzene rings is 1. The molecule has 0 radical (unpaired) electrons. The zero-order chi connectivity index (χ0) is 13.4. The van der Waals surface area contributed by atoms with Crippen LogP contribution in [0.15, 0.2) is 42.6 Å². The summed E-state index contributed by atoms with van der Waals surface area (Å²) in [5, 5.41) is 17.4. The summed E-state index contributed by atoms with van der Waals surface area (Å²) >= 11 is 0. The van der Waals surface area contributed by atoms with E-state index in [0.717, 1.165) is 5.56 Å². The average molecular weight is 253 g/mol. The molecule has 0 spiro atoms. The number of pyridine rings is 1. The summed E-state index contributed by atoms with van der Waals surface area (Å²) in [6.07, 6.45) is 1.85. The largest absolute Gasteiger partial charge is 0.478 e. The molecule has 0 aliphatic heterocycles. The summed E-state index contributed by atoms with van der Waals surface area (Å²) in [5.74, 6) is -0.438. The van der Waals surface area contributed by atoms with Crippen LogP contribution in [0.3, 0.4) is 0 Å². The molecule has 3 rings (SSSR count). The number of carboxylic acids is 1. The molecule has 0 saturated carbocycles. The van der Waals surface area contributed by atoms with Crippen molar-refractivity contribution in [3.05, 3.63) is 53.7 Å². The Bertz CT molecular complexity index is 777. The molecule has 2 aromatic heterocycles. The highest BCUT2D eigenvalue weighted by Crippen LogP contribution is 2.22. The van der Waals surface area contributed by atoms with Crippen molar-refractivity contribution in [3.8, 4) is 11.4 Å². The first-order valence-electron chi connectivity index (χ1n) is 5.81. The van der Waals surface area contributed by atoms with E-state index in [4.69, 9.17) is 0 Å². The number of nitrogens with zero attached hydrogens (tertiary/aromatic N) is 3. The molecule has 0 saturated heterocycles. The van der Waals surface area contributed by atoms with Crippen molar-refractivity contribution in [1.82, 2.24) is 14.6 Å².